The van der Waals surface area contributed by atoms with E-state index in [0.717, 1.165) is 77.0 Å². The molecule has 72 heavy (non-hydrogen) atoms. The number of unbranched alkanes of at least 4 members (excludes halogenated alkanes) is 33. The summed E-state index contributed by atoms with van der Waals surface area (Å²) < 4.78 is 30.7. The second-order valence-corrected chi connectivity index (χ2v) is 23.3. The predicted molar refractivity (Wildman–Crippen MR) is 309 cm³/mol. The van der Waals surface area contributed by atoms with E-state index in [0.29, 0.717) is 23.9 Å². The number of nitrogens with one attached hydrogen (secondary N) is 1. The molecule has 9 nitrogen and oxygen atoms in total. The van der Waals surface area contributed by atoms with Gasteiger partial charge in [-0.25, -0.2) is 4.57 Å². The van der Waals surface area contributed by atoms with E-state index in [9.17, 15) is 19.0 Å². The molecular formula is C62H118N2O7P+. The van der Waals surface area contributed by atoms with Gasteiger partial charge >= 0.3 is 13.8 Å². The van der Waals surface area contributed by atoms with E-state index in [1.165, 1.54) is 167 Å². The van der Waals surface area contributed by atoms with E-state index in [-0.39, 0.29) is 31.5 Å². The van der Waals surface area contributed by atoms with Gasteiger partial charge in [-0.05, 0) is 70.3 Å². The van der Waals surface area contributed by atoms with Crippen LogP contribution < -0.4 is 5.32 Å². The van der Waals surface area contributed by atoms with Crippen LogP contribution in [0.2, 0.25) is 0 Å². The molecule has 422 valence electrons. The number of amides is 1. The van der Waals surface area contributed by atoms with E-state index >= 15 is 0 Å². The molecule has 2 N–H and O–H groups in total. The minimum absolute atomic E-state index is 0.0375. The van der Waals surface area contributed by atoms with Crippen molar-refractivity contribution in [1.29, 1.82) is 0 Å². The molecule has 0 aromatic heterocycles. The van der Waals surface area contributed by atoms with Crippen LogP contribution in [0.25, 0.3) is 0 Å². The molecular weight excluding hydrogens is 916 g/mol. The zero-order valence-electron chi connectivity index (χ0n) is 48.2. The highest BCUT2D eigenvalue weighted by atomic mass is 31.2. The lowest BCUT2D eigenvalue weighted by atomic mass is 10.0. The Morgan fingerprint density at radius 1 is 0.486 bits per heavy atom. The van der Waals surface area contributed by atoms with Crippen molar-refractivity contribution in [1.82, 2.24) is 5.32 Å². The standard InChI is InChI=1S/C62H117N2O7P/c1-7-10-13-16-19-22-25-28-30-32-34-36-39-42-45-48-51-54-61(65)63-59(58-70-72(67,68)69-57-56-64(4,5)6)60(53-50-47-44-41-38-27-24-21-18-15-12-9-3)71-62(66)55-52-49-46-43-40-37-35-33-31-29-26-23-20-17-14-11-8-2/h20,23,29,31,35,37,50,53,59-60H,7-19,21-22,24-28,30,32-34,36,38-49,51-52,54-58H2,1-6H3,(H-,63,65,67,68)/p+1/b23-20-,31-29-,37-35-,53-50+. The van der Waals surface area contributed by atoms with Crippen LogP contribution in [0, 0.1) is 0 Å². The number of carbonyl (C=O) groups is 2. The Morgan fingerprint density at radius 2 is 0.847 bits per heavy atom. The number of quaternary nitrogens is 1. The number of hydrogen-bond donors (Lipinski definition) is 2. The number of rotatable bonds is 55. The van der Waals surface area contributed by atoms with Crippen molar-refractivity contribution >= 4 is 19.7 Å². The van der Waals surface area contributed by atoms with E-state index in [1.807, 2.05) is 33.3 Å². The molecule has 0 aliphatic heterocycles. The highest BCUT2D eigenvalue weighted by Crippen LogP contribution is 2.43. The van der Waals surface area contributed by atoms with Crippen molar-refractivity contribution in [2.75, 3.05) is 40.9 Å². The molecule has 0 aromatic rings. The lowest BCUT2D eigenvalue weighted by Crippen LogP contribution is -2.47. The van der Waals surface area contributed by atoms with Crippen LogP contribution in [-0.4, -0.2) is 74.3 Å². The highest BCUT2D eigenvalue weighted by Gasteiger charge is 2.30. The third-order valence-corrected chi connectivity index (χ3v) is 14.5. The van der Waals surface area contributed by atoms with Crippen LogP contribution in [0.15, 0.2) is 48.6 Å². The lowest BCUT2D eigenvalue weighted by molar-refractivity contribution is -0.870. The maximum Gasteiger partial charge on any atom is 0.472 e. The molecule has 3 atom stereocenters. The summed E-state index contributed by atoms with van der Waals surface area (Å²) in [5, 5.41) is 3.05. The summed E-state index contributed by atoms with van der Waals surface area (Å²) in [7, 11) is 1.49. The molecule has 0 saturated carbocycles. The number of carbonyl (C=O) groups excluding carboxylic acids is 2. The molecule has 0 radical (unpaired) electrons. The molecule has 0 rings (SSSR count). The molecule has 0 aromatic carbocycles. The first-order valence-corrected chi connectivity index (χ1v) is 32.0. The fourth-order valence-corrected chi connectivity index (χ4v) is 9.51. The largest absolute Gasteiger partial charge is 0.472 e. The Kier molecular flexibility index (Phi) is 50.9. The molecule has 0 heterocycles. The second-order valence-electron chi connectivity index (χ2n) is 21.9. The van der Waals surface area contributed by atoms with Gasteiger partial charge in [-0.3, -0.25) is 18.6 Å². The third kappa shape index (κ3) is 52.8. The zero-order chi connectivity index (χ0) is 52.9. The quantitative estimate of drug-likeness (QED) is 0.0205. The van der Waals surface area contributed by atoms with Gasteiger partial charge in [-0.15, -0.1) is 0 Å². The summed E-state index contributed by atoms with van der Waals surface area (Å²) in [5.74, 6) is -0.521. The SMILES string of the molecule is CCCCC/C=C\C/C=C\C/C=C\CCCCCCC(=O)OC(/C=C/CCCCCCCCCCCC)C(COP(=O)(O)OCC[N+](C)(C)C)NC(=O)CCCCCCCCCCCCCCCCCCC. The van der Waals surface area contributed by atoms with Crippen molar-refractivity contribution in [3.8, 4) is 0 Å². The van der Waals surface area contributed by atoms with E-state index in [2.05, 4.69) is 62.5 Å². The number of phosphoric ester groups is 1. The van der Waals surface area contributed by atoms with Gasteiger partial charge < -0.3 is 19.4 Å². The van der Waals surface area contributed by atoms with Crippen molar-refractivity contribution in [3.05, 3.63) is 48.6 Å². The van der Waals surface area contributed by atoms with Gasteiger partial charge in [0.15, 0.2) is 0 Å². The molecule has 0 bridgehead atoms. The number of hydrogen-bond acceptors (Lipinski definition) is 6. The van der Waals surface area contributed by atoms with Gasteiger partial charge in [0.25, 0.3) is 0 Å². The van der Waals surface area contributed by atoms with Crippen molar-refractivity contribution in [2.45, 2.75) is 296 Å². The smallest absolute Gasteiger partial charge is 0.456 e. The average molecular weight is 1030 g/mol. The first-order chi connectivity index (χ1) is 34.9. The number of allylic oxidation sites excluding steroid dienone is 7. The van der Waals surface area contributed by atoms with Crippen LogP contribution in [0.1, 0.15) is 284 Å². The summed E-state index contributed by atoms with van der Waals surface area (Å²) in [5.41, 5.74) is 0. The summed E-state index contributed by atoms with van der Waals surface area (Å²) in [4.78, 5) is 37.7. The molecule has 0 aliphatic rings. The number of likely N-dealkylation sites (N-methyl/N-ethyl adjacent to an activating group) is 1. The first kappa shape index (κ1) is 70.0. The van der Waals surface area contributed by atoms with E-state index in [4.69, 9.17) is 13.8 Å². The molecule has 0 spiro atoms. The Morgan fingerprint density at radius 3 is 1.29 bits per heavy atom. The number of phosphoric acid groups is 1. The Balaban J connectivity index is 5.31. The lowest BCUT2D eigenvalue weighted by Gasteiger charge is -2.27. The van der Waals surface area contributed by atoms with Crippen LogP contribution in [-0.2, 0) is 27.9 Å². The van der Waals surface area contributed by atoms with Gasteiger partial charge in [0.05, 0.1) is 33.8 Å². The van der Waals surface area contributed by atoms with Crippen LogP contribution in [0.4, 0.5) is 0 Å². The second kappa shape index (κ2) is 52.4. The number of ether oxygens (including phenoxy) is 1. The molecule has 1 amide bonds. The Hall–Kier alpha value is -2.03. The van der Waals surface area contributed by atoms with Gasteiger partial charge in [-0.1, -0.05) is 250 Å². The number of nitrogens with zero attached hydrogens (tertiary/aromatic N) is 1. The maximum atomic E-state index is 13.5. The zero-order valence-corrected chi connectivity index (χ0v) is 49.1. The summed E-state index contributed by atoms with van der Waals surface area (Å²) in [6.07, 6.45) is 63.8. The molecule has 0 saturated heterocycles. The minimum atomic E-state index is -4.45. The highest BCUT2D eigenvalue weighted by molar-refractivity contribution is 7.47. The number of esters is 1. The van der Waals surface area contributed by atoms with E-state index in [1.54, 1.807) is 0 Å². The maximum absolute atomic E-state index is 13.5. The van der Waals surface area contributed by atoms with Crippen LogP contribution in [0.5, 0.6) is 0 Å². The molecule has 0 aliphatic carbocycles. The van der Waals surface area contributed by atoms with Crippen LogP contribution in [0.3, 0.4) is 0 Å². The van der Waals surface area contributed by atoms with Gasteiger partial charge in [0.1, 0.15) is 19.3 Å². The van der Waals surface area contributed by atoms with Gasteiger partial charge in [0, 0.05) is 12.8 Å². The molecule has 3 unspecified atom stereocenters. The van der Waals surface area contributed by atoms with Crippen molar-refractivity contribution < 1.29 is 37.3 Å². The molecule has 0 fully saturated rings. The Labute approximate surface area is 446 Å². The van der Waals surface area contributed by atoms with Crippen LogP contribution >= 0.6 is 7.82 Å². The fraction of sp³-hybridized carbons (Fsp3) is 0.839. The summed E-state index contributed by atoms with van der Waals surface area (Å²) in [6, 6.07) is -0.854. The normalized spacial score (nSPS) is 14.0. The molecule has 10 heteroatoms. The van der Waals surface area contributed by atoms with Gasteiger partial charge in [-0.2, -0.15) is 0 Å². The summed E-state index contributed by atoms with van der Waals surface area (Å²) >= 11 is 0. The Bertz CT molecular complexity index is 1380. The van der Waals surface area contributed by atoms with Crippen molar-refractivity contribution in [2.24, 2.45) is 0 Å². The van der Waals surface area contributed by atoms with Crippen molar-refractivity contribution in [3.63, 3.8) is 0 Å². The first-order valence-electron chi connectivity index (χ1n) is 30.5. The summed E-state index contributed by atoms with van der Waals surface area (Å²) in [6.45, 7) is 6.99. The minimum Gasteiger partial charge on any atom is -0.456 e. The topological polar surface area (TPSA) is 111 Å². The third-order valence-electron chi connectivity index (χ3n) is 13.5. The van der Waals surface area contributed by atoms with E-state index < -0.39 is 20.0 Å². The average Bonchev–Trinajstić information content (AvgIpc) is 3.34. The van der Waals surface area contributed by atoms with Gasteiger partial charge in [0.2, 0.25) is 5.91 Å². The monoisotopic (exact) mass is 1030 g/mol. The predicted octanol–water partition coefficient (Wildman–Crippen LogP) is 18.5. The fourth-order valence-electron chi connectivity index (χ4n) is 8.77.